The highest BCUT2D eigenvalue weighted by molar-refractivity contribution is 6.32. The van der Waals surface area contributed by atoms with Crippen molar-refractivity contribution >= 4 is 23.3 Å². The summed E-state index contributed by atoms with van der Waals surface area (Å²) in [6.07, 6.45) is 11.7. The number of nitrogens with zero attached hydrogens (tertiary/aromatic N) is 4. The van der Waals surface area contributed by atoms with E-state index in [2.05, 4.69) is 27.6 Å². The van der Waals surface area contributed by atoms with Crippen molar-refractivity contribution < 1.29 is 4.79 Å². The second-order valence-corrected chi connectivity index (χ2v) is 8.92. The van der Waals surface area contributed by atoms with Gasteiger partial charge in [0.2, 0.25) is 5.82 Å². The molecule has 2 N–H and O–H groups in total. The second-order valence-electron chi connectivity index (χ2n) is 8.51. The van der Waals surface area contributed by atoms with Crippen LogP contribution in [0.15, 0.2) is 30.5 Å². The summed E-state index contributed by atoms with van der Waals surface area (Å²) in [5, 5.41) is 14.7. The van der Waals surface area contributed by atoms with Crippen LogP contribution in [0.3, 0.4) is 0 Å². The molecule has 0 saturated heterocycles. The lowest BCUT2D eigenvalue weighted by molar-refractivity contribution is 0.0944. The Balaban J connectivity index is 1.60. The van der Waals surface area contributed by atoms with Crippen LogP contribution in [-0.2, 0) is 6.54 Å². The highest BCUT2D eigenvalue weighted by Crippen LogP contribution is 2.30. The van der Waals surface area contributed by atoms with Crippen LogP contribution in [0.25, 0.3) is 0 Å². The first-order valence-electron chi connectivity index (χ1n) is 11.9. The number of nitriles is 1. The topological polar surface area (TPSA) is 93.9 Å². The number of benzene rings is 1. The van der Waals surface area contributed by atoms with E-state index in [0.717, 1.165) is 44.3 Å². The Morgan fingerprint density at radius 3 is 2.61 bits per heavy atom. The third-order valence-corrected chi connectivity index (χ3v) is 6.23. The molecular weight excluding hydrogens is 436 g/mol. The van der Waals surface area contributed by atoms with Gasteiger partial charge in [-0.2, -0.15) is 10.2 Å². The maximum atomic E-state index is 13.0. The number of nitrogens with one attached hydrogen (secondary N) is 2. The number of carbonyl (C=O) groups excluding carboxylic acids is 1. The minimum atomic E-state index is -0.231. The number of unbranched alkanes of at least 4 members (excludes halogenated alkanes) is 4. The van der Waals surface area contributed by atoms with E-state index in [0.29, 0.717) is 16.4 Å². The zero-order valence-electron chi connectivity index (χ0n) is 19.3. The third kappa shape index (κ3) is 7.41. The zero-order valence-corrected chi connectivity index (χ0v) is 20.1. The predicted molar refractivity (Wildman–Crippen MR) is 131 cm³/mol. The lowest BCUT2D eigenvalue weighted by atomic mass is 10.1. The average molecular weight is 469 g/mol. The molecule has 1 saturated carbocycles. The summed E-state index contributed by atoms with van der Waals surface area (Å²) in [6, 6.07) is 9.64. The van der Waals surface area contributed by atoms with Gasteiger partial charge in [-0.05, 0) is 43.5 Å². The van der Waals surface area contributed by atoms with Gasteiger partial charge in [0.1, 0.15) is 11.1 Å². The van der Waals surface area contributed by atoms with Crippen molar-refractivity contribution in [2.75, 3.05) is 11.6 Å². The fourth-order valence-electron chi connectivity index (χ4n) is 4.09. The molecule has 176 valence electrons. The van der Waals surface area contributed by atoms with E-state index in [-0.39, 0.29) is 17.8 Å². The zero-order chi connectivity index (χ0) is 23.5. The summed E-state index contributed by atoms with van der Waals surface area (Å²) in [5.41, 5.74) is 4.68. The van der Waals surface area contributed by atoms with Crippen LogP contribution < -0.4 is 15.8 Å². The summed E-state index contributed by atoms with van der Waals surface area (Å²) < 4.78 is 0. The molecule has 1 heterocycles. The second kappa shape index (κ2) is 13.1. The number of hydrogen-bond donors (Lipinski definition) is 2. The van der Waals surface area contributed by atoms with Gasteiger partial charge in [0, 0.05) is 12.1 Å². The van der Waals surface area contributed by atoms with Crippen LogP contribution in [-0.4, -0.2) is 28.5 Å². The lowest BCUT2D eigenvalue weighted by Crippen LogP contribution is -2.48. The molecule has 3 rings (SSSR count). The first-order chi connectivity index (χ1) is 16.1. The quantitative estimate of drug-likeness (QED) is 0.330. The van der Waals surface area contributed by atoms with E-state index in [1.54, 1.807) is 5.01 Å². The van der Waals surface area contributed by atoms with Crippen molar-refractivity contribution in [2.24, 2.45) is 0 Å². The molecule has 0 bridgehead atoms. The standard InChI is InChI=1S/C25H33ClN6O/c1-2-3-4-5-8-15-28-17-19-11-13-20(14-12-19)25(33)31-32(21-9-6-7-10-21)24-22(26)18-29-23(16-27)30-24/h11-14,18,21,28H,2-10,15,17H2,1H3,(H,31,33). The van der Waals surface area contributed by atoms with Gasteiger partial charge < -0.3 is 5.32 Å². The van der Waals surface area contributed by atoms with Crippen molar-refractivity contribution in [2.45, 2.75) is 77.3 Å². The van der Waals surface area contributed by atoms with E-state index >= 15 is 0 Å². The number of hydrogen-bond acceptors (Lipinski definition) is 6. The number of hydrazine groups is 1. The Morgan fingerprint density at radius 1 is 1.18 bits per heavy atom. The molecule has 0 spiro atoms. The first kappa shape index (κ1) is 24.9. The fourth-order valence-corrected chi connectivity index (χ4v) is 4.28. The monoisotopic (exact) mass is 468 g/mol. The first-order valence-corrected chi connectivity index (χ1v) is 12.3. The van der Waals surface area contributed by atoms with Gasteiger partial charge in [0.15, 0.2) is 5.82 Å². The summed E-state index contributed by atoms with van der Waals surface area (Å²) in [4.78, 5) is 21.2. The Hall–Kier alpha value is -2.69. The molecule has 1 aromatic carbocycles. The molecule has 1 aliphatic carbocycles. The Morgan fingerprint density at radius 2 is 1.91 bits per heavy atom. The third-order valence-electron chi connectivity index (χ3n) is 5.97. The predicted octanol–water partition coefficient (Wildman–Crippen LogP) is 5.16. The normalized spacial score (nSPS) is 13.6. The molecule has 0 unspecified atom stereocenters. The number of anilines is 1. The number of amides is 1. The molecule has 7 nitrogen and oxygen atoms in total. The SMILES string of the molecule is CCCCCCCNCc1ccc(C(=O)NN(c2nc(C#N)ncc2Cl)C2CCCC2)cc1. The number of halogens is 1. The van der Waals surface area contributed by atoms with Crippen molar-refractivity contribution in [3.05, 3.63) is 52.4 Å². The van der Waals surface area contributed by atoms with Crippen LogP contribution in [0.4, 0.5) is 5.82 Å². The van der Waals surface area contributed by atoms with E-state index in [9.17, 15) is 10.1 Å². The highest BCUT2D eigenvalue weighted by atomic mass is 35.5. The van der Waals surface area contributed by atoms with Crippen molar-refractivity contribution in [1.82, 2.24) is 20.7 Å². The lowest BCUT2D eigenvalue weighted by Gasteiger charge is -2.30. The fraction of sp³-hybridized carbons (Fsp3) is 0.520. The minimum Gasteiger partial charge on any atom is -0.313 e. The number of rotatable bonds is 12. The van der Waals surface area contributed by atoms with E-state index in [4.69, 9.17) is 11.6 Å². The summed E-state index contributed by atoms with van der Waals surface area (Å²) in [7, 11) is 0. The number of carbonyl (C=O) groups is 1. The molecular formula is C25H33ClN6O. The van der Waals surface area contributed by atoms with Crippen LogP contribution in [0, 0.1) is 11.3 Å². The van der Waals surface area contributed by atoms with Crippen LogP contribution in [0.2, 0.25) is 5.02 Å². The Bertz CT molecular complexity index is 937. The van der Waals surface area contributed by atoms with E-state index in [1.807, 2.05) is 30.3 Å². The van der Waals surface area contributed by atoms with Crippen molar-refractivity contribution in [3.63, 3.8) is 0 Å². The van der Waals surface area contributed by atoms with Gasteiger partial charge in [-0.3, -0.25) is 15.2 Å². The molecule has 0 atom stereocenters. The number of aromatic nitrogens is 2. The maximum absolute atomic E-state index is 13.0. The highest BCUT2D eigenvalue weighted by Gasteiger charge is 2.28. The maximum Gasteiger partial charge on any atom is 0.269 e. The van der Waals surface area contributed by atoms with Crippen molar-refractivity contribution in [1.29, 1.82) is 5.26 Å². The van der Waals surface area contributed by atoms with Gasteiger partial charge in [-0.15, -0.1) is 0 Å². The van der Waals surface area contributed by atoms with Gasteiger partial charge in [0.25, 0.3) is 5.91 Å². The largest absolute Gasteiger partial charge is 0.313 e. The molecule has 1 aromatic heterocycles. The summed E-state index contributed by atoms with van der Waals surface area (Å²) in [5.74, 6) is 0.155. The van der Waals surface area contributed by atoms with Gasteiger partial charge in [-0.25, -0.2) is 4.98 Å². The molecule has 0 radical (unpaired) electrons. The molecule has 0 aliphatic heterocycles. The summed E-state index contributed by atoms with van der Waals surface area (Å²) >= 11 is 6.34. The van der Waals surface area contributed by atoms with Crippen LogP contribution in [0.5, 0.6) is 0 Å². The Kier molecular flexibility index (Phi) is 9.92. The molecule has 33 heavy (non-hydrogen) atoms. The Labute approximate surface area is 201 Å². The van der Waals surface area contributed by atoms with Gasteiger partial charge >= 0.3 is 0 Å². The molecule has 8 heteroatoms. The van der Waals surface area contributed by atoms with Crippen LogP contribution >= 0.6 is 11.6 Å². The van der Waals surface area contributed by atoms with Crippen LogP contribution in [0.1, 0.15) is 86.5 Å². The average Bonchev–Trinajstić information content (AvgIpc) is 3.37. The van der Waals surface area contributed by atoms with E-state index < -0.39 is 0 Å². The van der Waals surface area contributed by atoms with Gasteiger partial charge in [-0.1, -0.05) is 69.2 Å². The van der Waals surface area contributed by atoms with Crippen molar-refractivity contribution in [3.8, 4) is 6.07 Å². The minimum absolute atomic E-state index is 0.0221. The molecule has 2 aromatic rings. The van der Waals surface area contributed by atoms with Gasteiger partial charge in [0.05, 0.1) is 12.2 Å². The molecule has 1 fully saturated rings. The summed E-state index contributed by atoms with van der Waals surface area (Å²) in [6.45, 7) is 4.02. The van der Waals surface area contributed by atoms with E-state index in [1.165, 1.54) is 38.3 Å². The smallest absolute Gasteiger partial charge is 0.269 e. The molecule has 1 amide bonds. The molecule has 1 aliphatic rings.